The minimum atomic E-state index is -1.03. The van der Waals surface area contributed by atoms with Crippen molar-refractivity contribution in [3.05, 3.63) is 52.8 Å². The van der Waals surface area contributed by atoms with Crippen molar-refractivity contribution in [2.45, 2.75) is 75.3 Å². The Balaban J connectivity index is 1.28. The molecule has 0 radical (unpaired) electrons. The highest BCUT2D eigenvalue weighted by atomic mass is 19.1. The van der Waals surface area contributed by atoms with Crippen molar-refractivity contribution < 1.29 is 13.9 Å². The van der Waals surface area contributed by atoms with E-state index in [-0.39, 0.29) is 34.8 Å². The Hall–Kier alpha value is -3.40. The van der Waals surface area contributed by atoms with Crippen LogP contribution in [0.1, 0.15) is 45.4 Å². The molecular weight excluding hydrogens is 478 g/mol. The third-order valence-corrected chi connectivity index (χ3v) is 8.10. The van der Waals surface area contributed by atoms with E-state index >= 15 is 4.39 Å². The highest BCUT2D eigenvalue weighted by molar-refractivity contribution is 5.73. The molecule has 0 unspecified atom stereocenters. The van der Waals surface area contributed by atoms with Crippen LogP contribution < -0.4 is 15.8 Å². The summed E-state index contributed by atoms with van der Waals surface area (Å²) in [4.78, 5) is 18.5. The molecule has 2 aromatic heterocycles. The van der Waals surface area contributed by atoms with Crippen molar-refractivity contribution in [1.29, 1.82) is 0 Å². The van der Waals surface area contributed by atoms with Crippen LogP contribution in [-0.4, -0.2) is 54.7 Å². The average molecular weight is 509 g/mol. The third-order valence-electron chi connectivity index (χ3n) is 8.10. The fourth-order valence-corrected chi connectivity index (χ4v) is 6.01. The van der Waals surface area contributed by atoms with Crippen molar-refractivity contribution in [1.82, 2.24) is 25.1 Å². The Morgan fingerprint density at radius 1 is 1.19 bits per heavy atom. The Morgan fingerprint density at radius 3 is 2.70 bits per heavy atom. The number of aromatic hydroxyl groups is 1. The van der Waals surface area contributed by atoms with Crippen molar-refractivity contribution >= 4 is 5.82 Å². The smallest absolute Gasteiger partial charge is 0.251 e. The molecule has 10 heteroatoms. The number of nitrogens with one attached hydrogen (secondary N) is 1. The largest absolute Gasteiger partial charge is 0.507 e. The average Bonchev–Trinajstić information content (AvgIpc) is 3.70. The first kappa shape index (κ1) is 24.0. The number of phenols is 1. The van der Waals surface area contributed by atoms with Gasteiger partial charge in [-0.05, 0) is 63.1 Å². The second kappa shape index (κ2) is 8.86. The summed E-state index contributed by atoms with van der Waals surface area (Å²) in [6, 6.07) is 5.98. The molecule has 2 N–H and O–H groups in total. The standard InChI is InChI=1S/C27H30F2N6O2/c1-27-9-3-4-16(31-27)11-21(25(27)29)35(17-6-7-17)23-13-30-26(33-32-23)18-8-5-15(10-22(18)36)19-12-24(37)34(2)14-20(19)28/h5,8,10,12-14,16-17,21,25,31,36H,3-4,6-7,9,11H2,1-2H3/t16-,21-,25-,27+/m0/s1. The van der Waals surface area contributed by atoms with E-state index in [0.717, 1.165) is 49.3 Å². The van der Waals surface area contributed by atoms with E-state index in [9.17, 15) is 14.3 Å². The Morgan fingerprint density at radius 2 is 2.00 bits per heavy atom. The SMILES string of the molecule is Cn1cc(F)c(-c2ccc(-c3ncc(N(C4CC4)[C@H]4C[C@@H]5CCC[C@@](C)(N5)[C@H]4F)nn3)c(O)c2)cc1=O. The highest BCUT2D eigenvalue weighted by Gasteiger charge is 2.52. The Labute approximate surface area is 213 Å². The van der Waals surface area contributed by atoms with E-state index in [1.165, 1.54) is 19.2 Å². The number of rotatable bonds is 5. The van der Waals surface area contributed by atoms with Crippen LogP contribution in [0.2, 0.25) is 0 Å². The predicted octanol–water partition coefficient (Wildman–Crippen LogP) is 3.73. The molecule has 8 nitrogen and oxygen atoms in total. The molecule has 2 bridgehead atoms. The molecule has 37 heavy (non-hydrogen) atoms. The second-order valence-corrected chi connectivity index (χ2v) is 10.9. The van der Waals surface area contributed by atoms with Crippen molar-refractivity contribution in [2.24, 2.45) is 7.05 Å². The van der Waals surface area contributed by atoms with E-state index in [2.05, 4.69) is 25.4 Å². The number of anilines is 1. The normalized spacial score (nSPS) is 27.2. The first-order valence-corrected chi connectivity index (χ1v) is 12.8. The number of alkyl halides is 1. The summed E-state index contributed by atoms with van der Waals surface area (Å²) in [5, 5.41) is 22.9. The first-order chi connectivity index (χ1) is 17.7. The number of phenolic OH excluding ortho intramolecular Hbond substituents is 1. The van der Waals surface area contributed by atoms with Gasteiger partial charge in [-0.25, -0.2) is 13.8 Å². The molecule has 4 heterocycles. The van der Waals surface area contributed by atoms with Crippen molar-refractivity contribution in [3.8, 4) is 28.3 Å². The van der Waals surface area contributed by atoms with Gasteiger partial charge in [-0.3, -0.25) is 4.79 Å². The molecule has 1 aromatic carbocycles. The van der Waals surface area contributed by atoms with Crippen LogP contribution in [0.5, 0.6) is 5.75 Å². The summed E-state index contributed by atoms with van der Waals surface area (Å²) in [7, 11) is 1.47. The van der Waals surface area contributed by atoms with Crippen LogP contribution in [0, 0.1) is 5.82 Å². The van der Waals surface area contributed by atoms with Gasteiger partial charge in [-0.15, -0.1) is 10.2 Å². The number of halogens is 2. The first-order valence-electron chi connectivity index (χ1n) is 12.8. The highest BCUT2D eigenvalue weighted by Crippen LogP contribution is 2.43. The lowest BCUT2D eigenvalue weighted by molar-refractivity contribution is 0.0385. The van der Waals surface area contributed by atoms with Crippen molar-refractivity contribution in [3.63, 3.8) is 0 Å². The van der Waals surface area contributed by atoms with Gasteiger partial charge in [0.15, 0.2) is 11.6 Å². The molecule has 194 valence electrons. The molecule has 2 aliphatic heterocycles. The van der Waals surface area contributed by atoms with E-state index < -0.39 is 17.5 Å². The van der Waals surface area contributed by atoms with Crippen LogP contribution in [0.25, 0.3) is 22.5 Å². The molecule has 6 rings (SSSR count). The third kappa shape index (κ3) is 4.27. The van der Waals surface area contributed by atoms with Crippen LogP contribution in [0.4, 0.5) is 14.6 Å². The minimum absolute atomic E-state index is 0.0978. The minimum Gasteiger partial charge on any atom is -0.507 e. The number of pyridine rings is 1. The number of piperidine rings is 2. The van der Waals surface area contributed by atoms with Crippen LogP contribution in [0.3, 0.4) is 0 Å². The number of fused-ring (bicyclic) bond motifs is 2. The van der Waals surface area contributed by atoms with Gasteiger partial charge in [0.25, 0.3) is 5.56 Å². The zero-order valence-corrected chi connectivity index (χ0v) is 20.9. The van der Waals surface area contributed by atoms with Gasteiger partial charge in [0.1, 0.15) is 17.7 Å². The molecule has 3 aliphatic rings. The van der Waals surface area contributed by atoms with Gasteiger partial charge < -0.3 is 19.9 Å². The van der Waals surface area contributed by atoms with E-state index in [1.54, 1.807) is 18.3 Å². The zero-order valence-electron chi connectivity index (χ0n) is 20.9. The summed E-state index contributed by atoms with van der Waals surface area (Å²) in [6.07, 6.45) is 7.29. The zero-order chi connectivity index (χ0) is 25.9. The predicted molar refractivity (Wildman–Crippen MR) is 136 cm³/mol. The van der Waals surface area contributed by atoms with Gasteiger partial charge in [0.05, 0.1) is 17.8 Å². The van der Waals surface area contributed by atoms with E-state index in [1.807, 2.05) is 6.92 Å². The van der Waals surface area contributed by atoms with E-state index in [0.29, 0.717) is 23.0 Å². The van der Waals surface area contributed by atoms with Gasteiger partial charge in [-0.1, -0.05) is 6.07 Å². The molecule has 3 fully saturated rings. The Kier molecular flexibility index (Phi) is 5.74. The molecule has 3 aromatic rings. The Bertz CT molecular complexity index is 1390. The number of aryl methyl sites for hydroxylation is 1. The van der Waals surface area contributed by atoms with Gasteiger partial charge in [-0.2, -0.15) is 0 Å². The van der Waals surface area contributed by atoms with Crippen LogP contribution in [0.15, 0.2) is 41.5 Å². The summed E-state index contributed by atoms with van der Waals surface area (Å²) in [5.41, 5.74) is -0.0986. The summed E-state index contributed by atoms with van der Waals surface area (Å²) >= 11 is 0. The lowest BCUT2D eigenvalue weighted by Gasteiger charge is -2.52. The van der Waals surface area contributed by atoms with Crippen LogP contribution in [-0.2, 0) is 7.05 Å². The monoisotopic (exact) mass is 508 g/mol. The maximum Gasteiger partial charge on any atom is 0.251 e. The summed E-state index contributed by atoms with van der Waals surface area (Å²) in [6.45, 7) is 1.99. The van der Waals surface area contributed by atoms with E-state index in [4.69, 9.17) is 0 Å². The second-order valence-electron chi connectivity index (χ2n) is 10.9. The number of aromatic nitrogens is 4. The molecule has 0 spiro atoms. The molecule has 4 atom stereocenters. The molecule has 1 aliphatic carbocycles. The molecule has 1 saturated carbocycles. The lowest BCUT2D eigenvalue weighted by atomic mass is 9.73. The van der Waals surface area contributed by atoms with Crippen LogP contribution >= 0.6 is 0 Å². The fraction of sp³-hybridized carbons (Fsp3) is 0.481. The quantitative estimate of drug-likeness (QED) is 0.542. The van der Waals surface area contributed by atoms with Gasteiger partial charge >= 0.3 is 0 Å². The number of benzene rings is 1. The molecule has 2 saturated heterocycles. The number of nitrogens with zero attached hydrogens (tertiary/aromatic N) is 5. The summed E-state index contributed by atoms with van der Waals surface area (Å²) in [5.74, 6) is 0.0209. The lowest BCUT2D eigenvalue weighted by Crippen LogP contribution is -2.69. The van der Waals surface area contributed by atoms with Gasteiger partial charge in [0.2, 0.25) is 0 Å². The van der Waals surface area contributed by atoms with Crippen molar-refractivity contribution in [2.75, 3.05) is 4.90 Å². The fourth-order valence-electron chi connectivity index (χ4n) is 6.01. The molecular formula is C27H30F2N6O2. The summed E-state index contributed by atoms with van der Waals surface area (Å²) < 4.78 is 31.4. The number of hydrogen-bond acceptors (Lipinski definition) is 7. The topological polar surface area (TPSA) is 96.2 Å². The maximum atomic E-state index is 15.8. The molecule has 0 amide bonds. The maximum absolute atomic E-state index is 15.8. The number of hydrogen-bond donors (Lipinski definition) is 2. The van der Waals surface area contributed by atoms with Gasteiger partial charge in [0, 0.05) is 42.5 Å².